The van der Waals surface area contributed by atoms with Crippen LogP contribution in [0.4, 0.5) is 0 Å². The van der Waals surface area contributed by atoms with E-state index in [1.807, 2.05) is 4.90 Å². The van der Waals surface area contributed by atoms with Crippen molar-refractivity contribution in [1.82, 2.24) is 10.2 Å². The van der Waals surface area contributed by atoms with Crippen molar-refractivity contribution >= 4 is 43.8 Å². The predicted octanol–water partition coefficient (Wildman–Crippen LogP) is -2.75. The van der Waals surface area contributed by atoms with E-state index >= 15 is 0 Å². The number of carboxylic acid groups (broad SMARTS) is 1. The summed E-state index contributed by atoms with van der Waals surface area (Å²) < 4.78 is 12.1. The van der Waals surface area contributed by atoms with Gasteiger partial charge in [-0.05, 0) is 31.3 Å². The molecule has 0 aliphatic carbocycles. The quantitative estimate of drug-likeness (QED) is 0.190. The maximum Gasteiger partial charge on any atom is 0.522 e. The highest BCUT2D eigenvalue weighted by Gasteiger charge is 2.38. The van der Waals surface area contributed by atoms with Crippen molar-refractivity contribution in [3.05, 3.63) is 23.3 Å². The van der Waals surface area contributed by atoms with Gasteiger partial charge in [0.1, 0.15) is 28.7 Å². The van der Waals surface area contributed by atoms with Crippen molar-refractivity contribution < 1.29 is 46.0 Å². The van der Waals surface area contributed by atoms with Crippen LogP contribution in [-0.2, 0) is 11.2 Å². The van der Waals surface area contributed by atoms with Gasteiger partial charge in [-0.15, -0.1) is 24.8 Å². The fourth-order valence-corrected chi connectivity index (χ4v) is 3.86. The van der Waals surface area contributed by atoms with Crippen LogP contribution in [0.2, 0.25) is 6.32 Å². The third kappa shape index (κ3) is 8.85. The van der Waals surface area contributed by atoms with Gasteiger partial charge < -0.3 is 47.5 Å². The van der Waals surface area contributed by atoms with Crippen LogP contribution in [0.1, 0.15) is 22.8 Å². The monoisotopic (exact) mass is 556 g/mol. The zero-order chi connectivity index (χ0) is 23.7. The van der Waals surface area contributed by atoms with Crippen LogP contribution in [0.25, 0.3) is 0 Å². The number of aryl methyl sites for hydroxylation is 1. The fraction of sp³-hybridized carbons (Fsp3) is 0.619. The number of hydrogen-bond donors (Lipinski definition) is 4. The second-order valence-corrected chi connectivity index (χ2v) is 9.96. The molecular weight excluding hydrogens is 521 g/mol. The summed E-state index contributed by atoms with van der Waals surface area (Å²) in [5.41, 5.74) is 5.88. The van der Waals surface area contributed by atoms with E-state index in [9.17, 15) is 19.7 Å². The van der Waals surface area contributed by atoms with Crippen molar-refractivity contribution in [3.63, 3.8) is 0 Å². The van der Waals surface area contributed by atoms with Crippen LogP contribution in [0.3, 0.4) is 0 Å². The standard InChI is InChI=1S/C21H33BN4O6.3ClH/c1-21(23,20(29)24-9-10-26(2,3)4)13-25-11-15(12-25)31-16-6-5-14-7-8-22(30)32-18(14)17(16)19(27)28;;;/h5-6,15,30H,7-13,23H2,1-4H3,(H-,24,27,28,29);3*1H/t21-;;;/m1.../s1. The zero-order valence-corrected chi connectivity index (χ0v) is 22.8. The number of carbonyl (C=O) groups is 2. The Bertz CT molecular complexity index is 881. The lowest BCUT2D eigenvalue weighted by Crippen LogP contribution is -3.00. The molecule has 1 aromatic carbocycles. The molecule has 35 heavy (non-hydrogen) atoms. The molecule has 0 unspecified atom stereocenters. The molecule has 5 N–H and O–H groups in total. The highest BCUT2D eigenvalue weighted by Crippen LogP contribution is 2.37. The minimum absolute atomic E-state index is 0. The Balaban J connectivity index is 0.00000385. The lowest BCUT2D eigenvalue weighted by molar-refractivity contribution is -0.869. The van der Waals surface area contributed by atoms with Crippen molar-refractivity contribution in [2.45, 2.75) is 31.3 Å². The van der Waals surface area contributed by atoms with Crippen molar-refractivity contribution in [1.29, 1.82) is 0 Å². The van der Waals surface area contributed by atoms with Crippen LogP contribution >= 0.6 is 24.8 Å². The summed E-state index contributed by atoms with van der Waals surface area (Å²) >= 11 is 0. The molecule has 0 spiro atoms. The second kappa shape index (κ2) is 13.2. The summed E-state index contributed by atoms with van der Waals surface area (Å²) in [5, 5.41) is 22.3. The van der Waals surface area contributed by atoms with Crippen molar-refractivity contribution in [3.8, 4) is 11.5 Å². The summed E-state index contributed by atoms with van der Waals surface area (Å²) in [6.45, 7) is 4.48. The molecule has 1 fully saturated rings. The van der Waals surface area contributed by atoms with Crippen LogP contribution in [0, 0.1) is 0 Å². The number of amides is 1. The molecule has 1 amide bonds. The first-order valence-electron chi connectivity index (χ1n) is 10.9. The molecule has 1 aromatic rings. The van der Waals surface area contributed by atoms with E-state index in [0.717, 1.165) is 16.6 Å². The van der Waals surface area contributed by atoms with Gasteiger partial charge in [-0.2, -0.15) is 0 Å². The van der Waals surface area contributed by atoms with Gasteiger partial charge in [0.15, 0.2) is 0 Å². The number of benzene rings is 1. The number of nitrogens with one attached hydrogen (secondary N) is 1. The van der Waals surface area contributed by atoms with Crippen LogP contribution < -0.4 is 32.8 Å². The average molecular weight is 558 g/mol. The Labute approximate surface area is 225 Å². The molecule has 2 aliphatic heterocycles. The molecular formula is C21H36BCl3N4O6. The molecule has 1 atom stereocenters. The Kier molecular flexibility index (Phi) is 12.6. The van der Waals surface area contributed by atoms with E-state index in [1.165, 1.54) is 0 Å². The number of halogens is 3. The van der Waals surface area contributed by atoms with Gasteiger partial charge in [-0.25, -0.2) is 4.79 Å². The summed E-state index contributed by atoms with van der Waals surface area (Å²) in [5.74, 6) is -0.982. The summed E-state index contributed by atoms with van der Waals surface area (Å²) in [7, 11) is 5.15. The van der Waals surface area contributed by atoms with Crippen LogP contribution in [0.15, 0.2) is 12.1 Å². The molecule has 0 radical (unpaired) electrons. The smallest absolute Gasteiger partial charge is 0.522 e. The highest BCUT2D eigenvalue weighted by molar-refractivity contribution is 6.44. The maximum absolute atomic E-state index is 12.5. The number of ether oxygens (including phenoxy) is 1. The lowest BCUT2D eigenvalue weighted by Gasteiger charge is -2.42. The number of hydrogen-bond acceptors (Lipinski definition) is 7. The molecule has 0 bridgehead atoms. The third-order valence-corrected chi connectivity index (χ3v) is 5.69. The normalized spacial score (nSPS) is 17.1. The van der Waals surface area contributed by atoms with E-state index in [2.05, 4.69) is 26.5 Å². The molecule has 0 aromatic heterocycles. The lowest BCUT2D eigenvalue weighted by atomic mass is 9.78. The number of carboxylic acids is 1. The van der Waals surface area contributed by atoms with Crippen LogP contribution in [0.5, 0.6) is 11.5 Å². The first-order chi connectivity index (χ1) is 14.9. The Morgan fingerprint density at radius 3 is 2.51 bits per heavy atom. The Morgan fingerprint density at radius 2 is 1.94 bits per heavy atom. The van der Waals surface area contributed by atoms with Crippen LogP contribution in [-0.4, -0.2) is 104 Å². The van der Waals surface area contributed by atoms with Gasteiger partial charge in [0.05, 0.1) is 34.2 Å². The zero-order valence-electron chi connectivity index (χ0n) is 20.5. The number of rotatable bonds is 9. The number of likely N-dealkylation sites (N-methyl/N-ethyl adjacent to an activating group) is 1. The van der Waals surface area contributed by atoms with Gasteiger partial charge in [-0.1, -0.05) is 6.07 Å². The summed E-state index contributed by atoms with van der Waals surface area (Å²) in [4.78, 5) is 26.3. The Morgan fingerprint density at radius 1 is 1.31 bits per heavy atom. The molecule has 3 rings (SSSR count). The number of nitrogens with two attached hydrogens (primary N) is 1. The number of quaternary nitrogens is 1. The summed E-state index contributed by atoms with van der Waals surface area (Å²) in [6.07, 6.45) is 0.738. The number of carbonyl (C=O) groups excluding carboxylic acids is 1. The molecule has 2 aliphatic rings. The van der Waals surface area contributed by atoms with Gasteiger partial charge in [0.25, 0.3) is 0 Å². The minimum Gasteiger partial charge on any atom is -1.00 e. The van der Waals surface area contributed by atoms with Gasteiger partial charge in [-0.3, -0.25) is 9.69 Å². The predicted molar refractivity (Wildman–Crippen MR) is 134 cm³/mol. The molecule has 0 saturated carbocycles. The largest absolute Gasteiger partial charge is 1.00 e. The van der Waals surface area contributed by atoms with E-state index in [1.54, 1.807) is 19.1 Å². The molecule has 1 saturated heterocycles. The van der Waals surface area contributed by atoms with E-state index < -0.39 is 18.6 Å². The molecule has 200 valence electrons. The number of likely N-dealkylation sites (tertiary alicyclic amines) is 1. The minimum atomic E-state index is -1.16. The molecule has 2 heterocycles. The molecule has 10 nitrogen and oxygen atoms in total. The van der Waals surface area contributed by atoms with Gasteiger partial charge in [0.2, 0.25) is 5.91 Å². The Hall–Kier alpha value is -1.47. The second-order valence-electron chi connectivity index (χ2n) is 9.96. The highest BCUT2D eigenvalue weighted by atomic mass is 35.5. The first-order valence-corrected chi connectivity index (χ1v) is 10.9. The first kappa shape index (κ1) is 33.5. The van der Waals surface area contributed by atoms with Crippen molar-refractivity contribution in [2.24, 2.45) is 5.73 Å². The van der Waals surface area contributed by atoms with Gasteiger partial charge >= 0.3 is 13.1 Å². The summed E-state index contributed by atoms with van der Waals surface area (Å²) in [6, 6.07) is 3.41. The van der Waals surface area contributed by atoms with E-state index in [-0.39, 0.29) is 66.3 Å². The topological polar surface area (TPSA) is 134 Å². The number of fused-ring (bicyclic) bond motifs is 1. The van der Waals surface area contributed by atoms with Gasteiger partial charge in [0, 0.05) is 19.6 Å². The SMILES string of the molecule is C[C@@](N)(CN1CC(Oc2ccc3c(c2C(=O)O)OB(O)CC3)C1)C(=O)NCC[N+](C)(C)C.Cl.Cl.[Cl-]. The van der Waals surface area contributed by atoms with E-state index in [0.29, 0.717) is 38.9 Å². The number of aromatic carboxylic acids is 1. The fourth-order valence-electron chi connectivity index (χ4n) is 3.86. The maximum atomic E-state index is 12.5. The van der Waals surface area contributed by atoms with E-state index in [4.69, 9.17) is 15.1 Å². The average Bonchev–Trinajstić information content (AvgIpc) is 2.64. The third-order valence-electron chi connectivity index (χ3n) is 5.69. The molecule has 14 heteroatoms. The van der Waals surface area contributed by atoms with Crippen molar-refractivity contribution in [2.75, 3.05) is 53.9 Å². The number of nitrogens with zero attached hydrogens (tertiary/aromatic N) is 2.